The average Bonchev–Trinajstić information content (AvgIpc) is 2.95. The minimum absolute atomic E-state index is 0.0398. The van der Waals surface area contributed by atoms with E-state index in [4.69, 9.17) is 36.3 Å². The van der Waals surface area contributed by atoms with E-state index >= 15 is 0 Å². The zero-order valence-electron chi connectivity index (χ0n) is 22.0. The number of carbonyl (C=O) groups excluding carboxylic acids is 2. The van der Waals surface area contributed by atoms with Crippen LogP contribution in [0.3, 0.4) is 0 Å². The number of carbonyl (C=O) groups is 2. The van der Waals surface area contributed by atoms with Gasteiger partial charge in [-0.2, -0.15) is 0 Å². The summed E-state index contributed by atoms with van der Waals surface area (Å²) in [6, 6.07) is 8.22. The van der Waals surface area contributed by atoms with Crippen molar-refractivity contribution in [1.82, 2.24) is 4.57 Å². The predicted octanol–water partition coefficient (Wildman–Crippen LogP) is 3.75. The maximum absolute atomic E-state index is 14.4. The topological polar surface area (TPSA) is 131 Å². The van der Waals surface area contributed by atoms with Gasteiger partial charge in [-0.3, -0.25) is 19.0 Å². The third-order valence-electron chi connectivity index (χ3n) is 6.34. The van der Waals surface area contributed by atoms with Gasteiger partial charge in [-0.05, 0) is 36.4 Å². The standard InChI is InChI=1S/C28H28ClF2N3O7/c1-38-25-14-34(26(35)13-21(25)20-10-16(29)2-5-24(20)41-7-6-30)23(12-18-15-39-8-9-40-18)28(37)33-17-3-4-19(27(32)36)22(31)11-17/h2-5,10-11,13-14,18,23H,6-9,12,15H2,1H3,(H2,32,36)(H,33,37). The number of nitrogens with zero attached hydrogens (tertiary/aromatic N) is 1. The fourth-order valence-corrected chi connectivity index (χ4v) is 4.59. The van der Waals surface area contributed by atoms with Crippen LogP contribution in [0.25, 0.3) is 11.1 Å². The second-order valence-corrected chi connectivity index (χ2v) is 9.48. The number of anilines is 1. The maximum Gasteiger partial charge on any atom is 0.252 e. The Bertz CT molecular complexity index is 1480. The van der Waals surface area contributed by atoms with E-state index in [1.165, 1.54) is 30.0 Å². The van der Waals surface area contributed by atoms with Crippen molar-refractivity contribution >= 4 is 29.1 Å². The van der Waals surface area contributed by atoms with Gasteiger partial charge >= 0.3 is 0 Å². The van der Waals surface area contributed by atoms with Gasteiger partial charge in [-0.15, -0.1) is 0 Å². The van der Waals surface area contributed by atoms with Crippen molar-refractivity contribution in [2.75, 3.05) is 45.5 Å². The van der Waals surface area contributed by atoms with Crippen LogP contribution in [0, 0.1) is 5.82 Å². The summed E-state index contributed by atoms with van der Waals surface area (Å²) >= 11 is 6.20. The van der Waals surface area contributed by atoms with Crippen molar-refractivity contribution in [3.63, 3.8) is 0 Å². The summed E-state index contributed by atoms with van der Waals surface area (Å²) in [5.41, 5.74) is 5.00. The number of benzene rings is 2. The van der Waals surface area contributed by atoms with Crippen LogP contribution in [-0.4, -0.2) is 62.7 Å². The minimum atomic E-state index is -1.14. The number of ether oxygens (including phenoxy) is 4. The average molecular weight is 592 g/mol. The molecule has 218 valence electrons. The van der Waals surface area contributed by atoms with Crippen molar-refractivity contribution in [1.29, 1.82) is 0 Å². The van der Waals surface area contributed by atoms with Gasteiger partial charge in [0, 0.05) is 34.3 Å². The zero-order chi connectivity index (χ0) is 29.5. The number of pyridine rings is 1. The molecule has 41 heavy (non-hydrogen) atoms. The van der Waals surface area contributed by atoms with Gasteiger partial charge in [0.25, 0.3) is 11.5 Å². The van der Waals surface area contributed by atoms with Gasteiger partial charge in [0.1, 0.15) is 36.6 Å². The lowest BCUT2D eigenvalue weighted by Gasteiger charge is -2.28. The molecule has 3 aromatic rings. The molecule has 4 rings (SSSR count). The molecule has 0 aliphatic carbocycles. The number of aromatic nitrogens is 1. The fraction of sp³-hybridized carbons (Fsp3) is 0.321. The second kappa shape index (κ2) is 13.6. The Morgan fingerprint density at radius 3 is 2.61 bits per heavy atom. The number of primary amides is 1. The van der Waals surface area contributed by atoms with Crippen LogP contribution in [0.15, 0.2) is 53.5 Å². The van der Waals surface area contributed by atoms with Crippen LogP contribution in [0.4, 0.5) is 14.5 Å². The van der Waals surface area contributed by atoms with Gasteiger partial charge < -0.3 is 30.0 Å². The van der Waals surface area contributed by atoms with Gasteiger partial charge in [-0.1, -0.05) is 11.6 Å². The molecular weight excluding hydrogens is 564 g/mol. The number of alkyl halides is 1. The third kappa shape index (κ3) is 7.20. The number of hydrogen-bond acceptors (Lipinski definition) is 7. The van der Waals surface area contributed by atoms with E-state index in [1.807, 2.05) is 0 Å². The molecule has 1 aliphatic rings. The Morgan fingerprint density at radius 2 is 1.95 bits per heavy atom. The highest BCUT2D eigenvalue weighted by atomic mass is 35.5. The van der Waals surface area contributed by atoms with E-state index in [2.05, 4.69) is 5.32 Å². The number of nitrogens with two attached hydrogens (primary N) is 1. The van der Waals surface area contributed by atoms with Gasteiger partial charge in [0.05, 0.1) is 44.8 Å². The molecule has 2 heterocycles. The summed E-state index contributed by atoms with van der Waals surface area (Å²) in [7, 11) is 1.39. The lowest BCUT2D eigenvalue weighted by molar-refractivity contribution is -0.124. The number of methoxy groups -OCH3 is 1. The number of amides is 2. The Hall–Kier alpha value is -4.00. The Morgan fingerprint density at radius 1 is 1.17 bits per heavy atom. The van der Waals surface area contributed by atoms with Crippen LogP contribution in [-0.2, 0) is 14.3 Å². The van der Waals surface area contributed by atoms with Crippen molar-refractivity contribution in [3.8, 4) is 22.6 Å². The van der Waals surface area contributed by atoms with Crippen molar-refractivity contribution < 1.29 is 37.3 Å². The van der Waals surface area contributed by atoms with E-state index in [-0.39, 0.29) is 42.4 Å². The zero-order valence-corrected chi connectivity index (χ0v) is 22.8. The normalized spacial score (nSPS) is 15.7. The molecule has 1 aromatic heterocycles. The number of rotatable bonds is 11. The largest absolute Gasteiger partial charge is 0.495 e. The van der Waals surface area contributed by atoms with Crippen molar-refractivity contribution in [2.45, 2.75) is 18.6 Å². The lowest BCUT2D eigenvalue weighted by Crippen LogP contribution is -2.38. The molecular formula is C28H28ClF2N3O7. The molecule has 0 bridgehead atoms. The van der Waals surface area contributed by atoms with Gasteiger partial charge in [-0.25, -0.2) is 8.78 Å². The van der Waals surface area contributed by atoms with Crippen LogP contribution < -0.4 is 26.1 Å². The van der Waals surface area contributed by atoms with E-state index in [1.54, 1.807) is 18.2 Å². The Labute approximate surface area is 238 Å². The van der Waals surface area contributed by atoms with E-state index in [0.717, 1.165) is 12.1 Å². The monoisotopic (exact) mass is 591 g/mol. The first-order valence-corrected chi connectivity index (χ1v) is 13.0. The predicted molar refractivity (Wildman–Crippen MR) is 147 cm³/mol. The molecule has 2 unspecified atom stereocenters. The van der Waals surface area contributed by atoms with Crippen LogP contribution >= 0.6 is 11.6 Å². The van der Waals surface area contributed by atoms with Gasteiger partial charge in [0.2, 0.25) is 5.91 Å². The molecule has 0 saturated carbocycles. The SMILES string of the molecule is COc1cn(C(CC2COCCO2)C(=O)Nc2ccc(C(N)=O)c(F)c2)c(=O)cc1-c1cc(Cl)ccc1OCCF. The minimum Gasteiger partial charge on any atom is -0.495 e. The van der Waals surface area contributed by atoms with Crippen molar-refractivity contribution in [2.24, 2.45) is 5.73 Å². The molecule has 2 aromatic carbocycles. The lowest BCUT2D eigenvalue weighted by atomic mass is 10.0. The smallest absolute Gasteiger partial charge is 0.252 e. The van der Waals surface area contributed by atoms with Crippen LogP contribution in [0.1, 0.15) is 22.8 Å². The molecule has 1 saturated heterocycles. The van der Waals surface area contributed by atoms with Crippen LogP contribution in [0.5, 0.6) is 11.5 Å². The summed E-state index contributed by atoms with van der Waals surface area (Å²) in [6.07, 6.45) is 0.889. The summed E-state index contributed by atoms with van der Waals surface area (Å²) in [5.74, 6) is -2.04. The highest BCUT2D eigenvalue weighted by Crippen LogP contribution is 2.38. The summed E-state index contributed by atoms with van der Waals surface area (Å²) in [6.45, 7) is -0.0198. The molecule has 2 amide bonds. The maximum atomic E-state index is 14.4. The quantitative estimate of drug-likeness (QED) is 0.347. The van der Waals surface area contributed by atoms with Gasteiger partial charge in [0.15, 0.2) is 0 Å². The van der Waals surface area contributed by atoms with Crippen molar-refractivity contribution in [3.05, 3.63) is 75.4 Å². The fourth-order valence-electron chi connectivity index (χ4n) is 4.42. The summed E-state index contributed by atoms with van der Waals surface area (Å²) < 4.78 is 50.6. The number of hydrogen-bond donors (Lipinski definition) is 2. The van der Waals surface area contributed by atoms with E-state index in [9.17, 15) is 23.2 Å². The third-order valence-corrected chi connectivity index (χ3v) is 6.58. The first kappa shape index (κ1) is 30.0. The first-order chi connectivity index (χ1) is 19.7. The molecule has 0 spiro atoms. The summed E-state index contributed by atoms with van der Waals surface area (Å²) in [4.78, 5) is 38.4. The Kier molecular flexibility index (Phi) is 9.92. The Balaban J connectivity index is 1.74. The molecule has 13 heteroatoms. The number of nitrogens with one attached hydrogen (secondary N) is 1. The number of halogens is 3. The first-order valence-electron chi connectivity index (χ1n) is 12.6. The molecule has 10 nitrogen and oxygen atoms in total. The molecule has 2 atom stereocenters. The van der Waals surface area contributed by atoms with E-state index in [0.29, 0.717) is 29.4 Å². The highest BCUT2D eigenvalue weighted by Gasteiger charge is 2.29. The molecule has 0 radical (unpaired) electrons. The van der Waals surface area contributed by atoms with Crippen LogP contribution in [0.2, 0.25) is 5.02 Å². The second-order valence-electron chi connectivity index (χ2n) is 9.05. The van der Waals surface area contributed by atoms with E-state index < -0.39 is 42.0 Å². The highest BCUT2D eigenvalue weighted by molar-refractivity contribution is 6.31. The molecule has 1 fully saturated rings. The molecule has 3 N–H and O–H groups in total. The molecule has 1 aliphatic heterocycles. The summed E-state index contributed by atoms with van der Waals surface area (Å²) in [5, 5.41) is 2.93.